The van der Waals surface area contributed by atoms with E-state index in [-0.39, 0.29) is 37.6 Å². The van der Waals surface area contributed by atoms with E-state index in [1.54, 1.807) is 6.92 Å². The molecule has 0 aliphatic carbocycles. The molecule has 8 heteroatoms. The van der Waals surface area contributed by atoms with Crippen molar-refractivity contribution in [1.29, 1.82) is 0 Å². The van der Waals surface area contributed by atoms with Gasteiger partial charge in [-0.3, -0.25) is 4.79 Å². The fourth-order valence-electron chi connectivity index (χ4n) is 1.92. The minimum Gasteiger partial charge on any atom is -0.362 e. The first-order valence-corrected chi connectivity index (χ1v) is 6.04. The number of aromatic nitrogens is 2. The van der Waals surface area contributed by atoms with Gasteiger partial charge in [0.25, 0.3) is 5.89 Å². The number of hydrogen-bond acceptors (Lipinski definition) is 6. The summed E-state index contributed by atoms with van der Waals surface area (Å²) in [4.78, 5) is 17.7. The van der Waals surface area contributed by atoms with E-state index in [2.05, 4.69) is 15.5 Å². The normalized spacial score (nSPS) is 19.1. The highest BCUT2D eigenvalue weighted by molar-refractivity contribution is 5.85. The summed E-state index contributed by atoms with van der Waals surface area (Å²) >= 11 is 0. The molecule has 0 radical (unpaired) electrons. The molecule has 1 aromatic rings. The zero-order valence-corrected chi connectivity index (χ0v) is 11.9. The van der Waals surface area contributed by atoms with Gasteiger partial charge < -0.3 is 19.5 Å². The Labute approximate surface area is 118 Å². The molecule has 0 spiro atoms. The number of nitrogens with zero attached hydrogens (tertiary/aromatic N) is 3. The number of nitrogens with one attached hydrogen (secondary N) is 1. The van der Waals surface area contributed by atoms with Crippen LogP contribution in [0.15, 0.2) is 4.52 Å². The van der Waals surface area contributed by atoms with Gasteiger partial charge in [-0.25, -0.2) is 0 Å². The molecule has 1 aliphatic rings. The number of carbonyl (C=O) groups is 1. The Morgan fingerprint density at radius 3 is 3.05 bits per heavy atom. The molecule has 0 unspecified atom stereocenters. The number of rotatable bonds is 4. The Morgan fingerprint density at radius 1 is 1.63 bits per heavy atom. The Morgan fingerprint density at radius 2 is 2.42 bits per heavy atom. The second-order valence-corrected chi connectivity index (χ2v) is 4.37. The Bertz CT molecular complexity index is 412. The van der Waals surface area contributed by atoms with E-state index in [9.17, 15) is 4.79 Å². The molecule has 1 atom stereocenters. The standard InChI is InChI=1S/C11H18N4O3.ClH/c1-8-5-12-3-4-15(8)11(16)7-17-6-10-13-9(2)14-18-10;/h8,12H,3-7H2,1-2H3;1H/t8-;/m0./s1. The van der Waals surface area contributed by atoms with Crippen LogP contribution in [-0.2, 0) is 16.1 Å². The Kier molecular flexibility index (Phi) is 6.20. The molecule has 1 aromatic heterocycles. The third kappa shape index (κ3) is 4.45. The van der Waals surface area contributed by atoms with Crippen LogP contribution >= 0.6 is 12.4 Å². The first kappa shape index (κ1) is 15.9. The van der Waals surface area contributed by atoms with Crippen molar-refractivity contribution in [1.82, 2.24) is 20.4 Å². The van der Waals surface area contributed by atoms with Crippen LogP contribution in [0, 0.1) is 6.92 Å². The molecule has 0 bridgehead atoms. The number of carbonyl (C=O) groups excluding carboxylic acids is 1. The molecule has 2 rings (SSSR count). The van der Waals surface area contributed by atoms with E-state index in [1.807, 2.05) is 11.8 Å². The molecule has 1 N–H and O–H groups in total. The maximum absolute atomic E-state index is 11.9. The maximum Gasteiger partial charge on any atom is 0.252 e. The summed E-state index contributed by atoms with van der Waals surface area (Å²) in [5.41, 5.74) is 0. The third-order valence-electron chi connectivity index (χ3n) is 2.84. The number of hydrogen-bond donors (Lipinski definition) is 1. The molecule has 0 saturated carbocycles. The van der Waals surface area contributed by atoms with E-state index in [0.717, 1.165) is 19.6 Å². The van der Waals surface area contributed by atoms with Gasteiger partial charge in [-0.1, -0.05) is 5.16 Å². The summed E-state index contributed by atoms with van der Waals surface area (Å²) in [6.45, 7) is 6.36. The molecule has 2 heterocycles. The van der Waals surface area contributed by atoms with Crippen LogP contribution in [0.4, 0.5) is 0 Å². The fraction of sp³-hybridized carbons (Fsp3) is 0.727. The smallest absolute Gasteiger partial charge is 0.252 e. The van der Waals surface area contributed by atoms with Gasteiger partial charge in [0.1, 0.15) is 13.2 Å². The lowest BCUT2D eigenvalue weighted by Gasteiger charge is -2.33. The van der Waals surface area contributed by atoms with Crippen LogP contribution in [0.3, 0.4) is 0 Å². The van der Waals surface area contributed by atoms with Crippen molar-refractivity contribution in [3.8, 4) is 0 Å². The Hall–Kier alpha value is -1.18. The van der Waals surface area contributed by atoms with E-state index >= 15 is 0 Å². The molecule has 1 saturated heterocycles. The summed E-state index contributed by atoms with van der Waals surface area (Å²) in [6.07, 6.45) is 0. The molecule has 1 aliphatic heterocycles. The first-order valence-electron chi connectivity index (χ1n) is 6.04. The predicted molar refractivity (Wildman–Crippen MR) is 70.0 cm³/mol. The monoisotopic (exact) mass is 290 g/mol. The van der Waals surface area contributed by atoms with Crippen molar-refractivity contribution in [3.05, 3.63) is 11.7 Å². The van der Waals surface area contributed by atoms with Crippen LogP contribution in [0.25, 0.3) is 0 Å². The number of ether oxygens (including phenoxy) is 1. The van der Waals surface area contributed by atoms with Gasteiger partial charge in [0.15, 0.2) is 5.82 Å². The topological polar surface area (TPSA) is 80.5 Å². The molecule has 19 heavy (non-hydrogen) atoms. The van der Waals surface area contributed by atoms with Crippen molar-refractivity contribution in [2.24, 2.45) is 0 Å². The van der Waals surface area contributed by atoms with Crippen molar-refractivity contribution < 1.29 is 14.1 Å². The number of piperazine rings is 1. The largest absolute Gasteiger partial charge is 0.362 e. The van der Waals surface area contributed by atoms with E-state index in [1.165, 1.54) is 0 Å². The first-order chi connectivity index (χ1) is 8.66. The second kappa shape index (κ2) is 7.42. The third-order valence-corrected chi connectivity index (χ3v) is 2.84. The Balaban J connectivity index is 0.00000180. The van der Waals surface area contributed by atoms with Gasteiger partial charge in [-0.2, -0.15) is 4.98 Å². The van der Waals surface area contributed by atoms with Crippen LogP contribution < -0.4 is 5.32 Å². The lowest BCUT2D eigenvalue weighted by Crippen LogP contribution is -2.53. The van der Waals surface area contributed by atoms with Gasteiger partial charge in [0.2, 0.25) is 5.91 Å². The quantitative estimate of drug-likeness (QED) is 0.849. The number of halogens is 1. The summed E-state index contributed by atoms with van der Waals surface area (Å²) in [7, 11) is 0. The lowest BCUT2D eigenvalue weighted by atomic mass is 10.2. The van der Waals surface area contributed by atoms with E-state index in [0.29, 0.717) is 11.7 Å². The molecule has 0 aromatic carbocycles. The predicted octanol–water partition coefficient (Wildman–Crippen LogP) is 0.137. The number of aryl methyl sites for hydroxylation is 1. The van der Waals surface area contributed by atoms with Crippen molar-refractivity contribution >= 4 is 18.3 Å². The van der Waals surface area contributed by atoms with Crippen LogP contribution in [0.1, 0.15) is 18.6 Å². The van der Waals surface area contributed by atoms with Crippen LogP contribution in [0.5, 0.6) is 0 Å². The molecular formula is C11H19ClN4O3. The van der Waals surface area contributed by atoms with E-state index < -0.39 is 0 Å². The molecular weight excluding hydrogens is 272 g/mol. The summed E-state index contributed by atoms with van der Waals surface area (Å²) in [6, 6.07) is 0.209. The maximum atomic E-state index is 11.9. The second-order valence-electron chi connectivity index (χ2n) is 4.37. The lowest BCUT2D eigenvalue weighted by molar-refractivity contribution is -0.139. The van der Waals surface area contributed by atoms with Crippen LogP contribution in [-0.4, -0.2) is 53.2 Å². The highest BCUT2D eigenvalue weighted by Gasteiger charge is 2.22. The SMILES string of the molecule is Cc1noc(COCC(=O)N2CCNC[C@@H]2C)n1.Cl. The van der Waals surface area contributed by atoms with Gasteiger partial charge in [0, 0.05) is 25.7 Å². The van der Waals surface area contributed by atoms with Crippen LogP contribution in [0.2, 0.25) is 0 Å². The molecule has 108 valence electrons. The number of amides is 1. The molecule has 1 amide bonds. The minimum atomic E-state index is 0. The highest BCUT2D eigenvalue weighted by atomic mass is 35.5. The summed E-state index contributed by atoms with van der Waals surface area (Å²) < 4.78 is 10.2. The molecule has 7 nitrogen and oxygen atoms in total. The average Bonchev–Trinajstić information content (AvgIpc) is 2.75. The highest BCUT2D eigenvalue weighted by Crippen LogP contribution is 2.04. The molecule has 1 fully saturated rings. The zero-order valence-electron chi connectivity index (χ0n) is 11.1. The van der Waals surface area contributed by atoms with Gasteiger partial charge in [0.05, 0.1) is 0 Å². The summed E-state index contributed by atoms with van der Waals surface area (Å²) in [5, 5.41) is 6.88. The summed E-state index contributed by atoms with van der Waals surface area (Å²) in [5.74, 6) is 0.963. The van der Waals surface area contributed by atoms with Crippen molar-refractivity contribution in [2.45, 2.75) is 26.5 Å². The van der Waals surface area contributed by atoms with Crippen molar-refractivity contribution in [3.63, 3.8) is 0 Å². The van der Waals surface area contributed by atoms with Gasteiger partial charge >= 0.3 is 0 Å². The average molecular weight is 291 g/mol. The van der Waals surface area contributed by atoms with Gasteiger partial charge in [-0.05, 0) is 13.8 Å². The fourth-order valence-corrected chi connectivity index (χ4v) is 1.92. The minimum absolute atomic E-state index is 0. The van der Waals surface area contributed by atoms with Crippen molar-refractivity contribution in [2.75, 3.05) is 26.2 Å². The van der Waals surface area contributed by atoms with E-state index in [4.69, 9.17) is 9.26 Å². The van der Waals surface area contributed by atoms with Gasteiger partial charge in [-0.15, -0.1) is 12.4 Å². The zero-order chi connectivity index (χ0) is 13.0.